The maximum absolute atomic E-state index is 12.8. The van der Waals surface area contributed by atoms with Crippen LogP contribution in [0.4, 0.5) is 23.7 Å². The Kier molecular flexibility index (Phi) is 4.84. The number of amides is 4. The summed E-state index contributed by atoms with van der Waals surface area (Å²) in [6.45, 7) is 0.899. The Labute approximate surface area is 158 Å². The van der Waals surface area contributed by atoms with Crippen molar-refractivity contribution in [3.8, 4) is 0 Å². The standard InChI is InChI=1S/C19H16F3N3O3/c1-18(12-6-3-2-4-7-12)16(27)25(17(28)24-18)11-15(26)23-14-9-5-8-13(10-14)19(20,21)22/h2-10H,11H2,1H3,(H,23,26)(H,24,28)/t18-/m1/s1. The van der Waals surface area contributed by atoms with Gasteiger partial charge in [0.15, 0.2) is 0 Å². The van der Waals surface area contributed by atoms with Crippen LogP contribution in [-0.2, 0) is 21.3 Å². The molecule has 1 fully saturated rings. The lowest BCUT2D eigenvalue weighted by Crippen LogP contribution is -2.42. The van der Waals surface area contributed by atoms with Gasteiger partial charge in [-0.2, -0.15) is 13.2 Å². The Hall–Kier alpha value is -3.36. The summed E-state index contributed by atoms with van der Waals surface area (Å²) < 4.78 is 38.3. The van der Waals surface area contributed by atoms with Gasteiger partial charge in [0.1, 0.15) is 12.1 Å². The zero-order valence-corrected chi connectivity index (χ0v) is 14.7. The largest absolute Gasteiger partial charge is 0.416 e. The van der Waals surface area contributed by atoms with E-state index in [4.69, 9.17) is 0 Å². The van der Waals surface area contributed by atoms with E-state index in [2.05, 4.69) is 10.6 Å². The van der Waals surface area contributed by atoms with Gasteiger partial charge in [-0.25, -0.2) is 4.79 Å². The second-order valence-electron chi connectivity index (χ2n) is 6.44. The summed E-state index contributed by atoms with van der Waals surface area (Å²) in [5.41, 5.74) is -1.78. The molecule has 0 unspecified atom stereocenters. The first kappa shape index (κ1) is 19.4. The number of hydrogen-bond acceptors (Lipinski definition) is 3. The van der Waals surface area contributed by atoms with E-state index in [1.807, 2.05) is 0 Å². The SMILES string of the molecule is C[C@]1(c2ccccc2)NC(=O)N(CC(=O)Nc2cccc(C(F)(F)F)c2)C1=O. The smallest absolute Gasteiger partial charge is 0.325 e. The molecular formula is C19H16F3N3O3. The predicted octanol–water partition coefficient (Wildman–Crippen LogP) is 3.11. The predicted molar refractivity (Wildman–Crippen MR) is 94.1 cm³/mol. The van der Waals surface area contributed by atoms with Gasteiger partial charge in [-0.1, -0.05) is 36.4 Å². The molecule has 0 aliphatic carbocycles. The summed E-state index contributed by atoms with van der Waals surface area (Å²) in [6.07, 6.45) is -4.55. The van der Waals surface area contributed by atoms with E-state index in [-0.39, 0.29) is 5.69 Å². The number of nitrogens with one attached hydrogen (secondary N) is 2. The number of nitrogens with zero attached hydrogens (tertiary/aromatic N) is 1. The quantitative estimate of drug-likeness (QED) is 0.787. The van der Waals surface area contributed by atoms with Crippen molar-refractivity contribution in [2.24, 2.45) is 0 Å². The van der Waals surface area contributed by atoms with Crippen LogP contribution in [0.25, 0.3) is 0 Å². The van der Waals surface area contributed by atoms with E-state index in [0.29, 0.717) is 5.56 Å². The highest BCUT2D eigenvalue weighted by Crippen LogP contribution is 2.31. The minimum Gasteiger partial charge on any atom is -0.325 e. The van der Waals surface area contributed by atoms with Gasteiger partial charge >= 0.3 is 12.2 Å². The molecule has 0 radical (unpaired) electrons. The topological polar surface area (TPSA) is 78.5 Å². The molecule has 2 N–H and O–H groups in total. The van der Waals surface area contributed by atoms with Crippen molar-refractivity contribution >= 4 is 23.5 Å². The molecule has 9 heteroatoms. The highest BCUT2D eigenvalue weighted by atomic mass is 19.4. The summed E-state index contributed by atoms with van der Waals surface area (Å²) in [5.74, 6) is -1.41. The Morgan fingerprint density at radius 3 is 2.43 bits per heavy atom. The van der Waals surface area contributed by atoms with E-state index in [0.717, 1.165) is 23.1 Å². The van der Waals surface area contributed by atoms with E-state index in [1.165, 1.54) is 13.0 Å². The fourth-order valence-corrected chi connectivity index (χ4v) is 2.93. The maximum atomic E-state index is 12.8. The fourth-order valence-electron chi connectivity index (χ4n) is 2.93. The number of carbonyl (C=O) groups excluding carboxylic acids is 3. The minimum absolute atomic E-state index is 0.0855. The monoisotopic (exact) mass is 391 g/mol. The summed E-state index contributed by atoms with van der Waals surface area (Å²) in [7, 11) is 0. The molecule has 146 valence electrons. The Morgan fingerprint density at radius 1 is 1.11 bits per heavy atom. The first-order chi connectivity index (χ1) is 13.1. The van der Waals surface area contributed by atoms with Crippen LogP contribution in [0.5, 0.6) is 0 Å². The molecule has 1 atom stereocenters. The van der Waals surface area contributed by atoms with Gasteiger partial charge in [-0.05, 0) is 30.7 Å². The lowest BCUT2D eigenvalue weighted by Gasteiger charge is -2.22. The number of rotatable bonds is 4. The van der Waals surface area contributed by atoms with Gasteiger partial charge in [-0.3, -0.25) is 14.5 Å². The van der Waals surface area contributed by atoms with Crippen LogP contribution >= 0.6 is 0 Å². The van der Waals surface area contributed by atoms with Crippen molar-refractivity contribution in [2.75, 3.05) is 11.9 Å². The molecular weight excluding hydrogens is 375 g/mol. The molecule has 28 heavy (non-hydrogen) atoms. The molecule has 1 heterocycles. The van der Waals surface area contributed by atoms with Crippen molar-refractivity contribution in [3.63, 3.8) is 0 Å². The summed E-state index contributed by atoms with van der Waals surface area (Å²) in [4.78, 5) is 37.9. The van der Waals surface area contributed by atoms with Gasteiger partial charge in [0.2, 0.25) is 5.91 Å². The number of alkyl halides is 3. The Bertz CT molecular complexity index is 931. The van der Waals surface area contributed by atoms with Gasteiger partial charge < -0.3 is 10.6 Å². The zero-order chi connectivity index (χ0) is 20.5. The highest BCUT2D eigenvalue weighted by molar-refractivity contribution is 6.10. The molecule has 2 aromatic rings. The molecule has 0 aromatic heterocycles. The number of carbonyl (C=O) groups is 3. The van der Waals surface area contributed by atoms with Crippen molar-refractivity contribution in [3.05, 3.63) is 65.7 Å². The molecule has 0 spiro atoms. The van der Waals surface area contributed by atoms with Gasteiger partial charge in [-0.15, -0.1) is 0 Å². The number of anilines is 1. The van der Waals surface area contributed by atoms with E-state index >= 15 is 0 Å². The minimum atomic E-state index is -4.55. The molecule has 1 aliphatic rings. The lowest BCUT2D eigenvalue weighted by atomic mass is 9.92. The average molecular weight is 391 g/mol. The number of urea groups is 1. The molecule has 4 amide bonds. The third-order valence-corrected chi connectivity index (χ3v) is 4.40. The second kappa shape index (κ2) is 6.99. The summed E-state index contributed by atoms with van der Waals surface area (Å²) >= 11 is 0. The van der Waals surface area contributed by atoms with E-state index in [1.54, 1.807) is 30.3 Å². The number of halogens is 3. The van der Waals surface area contributed by atoms with Crippen molar-refractivity contribution in [1.82, 2.24) is 10.2 Å². The number of imide groups is 1. The molecule has 2 aromatic carbocycles. The van der Waals surface area contributed by atoms with Crippen LogP contribution in [0.1, 0.15) is 18.1 Å². The molecule has 6 nitrogen and oxygen atoms in total. The zero-order valence-electron chi connectivity index (χ0n) is 14.7. The molecule has 0 bridgehead atoms. The second-order valence-corrected chi connectivity index (χ2v) is 6.44. The molecule has 3 rings (SSSR count). The molecule has 1 saturated heterocycles. The van der Waals surface area contributed by atoms with Crippen LogP contribution in [0.15, 0.2) is 54.6 Å². The molecule has 1 aliphatic heterocycles. The Balaban J connectivity index is 1.73. The fraction of sp³-hybridized carbons (Fsp3) is 0.211. The number of benzene rings is 2. The van der Waals surface area contributed by atoms with Gasteiger partial charge in [0.25, 0.3) is 5.91 Å². The van der Waals surface area contributed by atoms with Crippen LogP contribution in [0.2, 0.25) is 0 Å². The van der Waals surface area contributed by atoms with Gasteiger partial charge in [0.05, 0.1) is 5.56 Å². The summed E-state index contributed by atoms with van der Waals surface area (Å²) in [5, 5.41) is 4.83. The van der Waals surface area contributed by atoms with Crippen LogP contribution in [-0.4, -0.2) is 29.3 Å². The Morgan fingerprint density at radius 2 is 1.79 bits per heavy atom. The van der Waals surface area contributed by atoms with Crippen molar-refractivity contribution in [2.45, 2.75) is 18.6 Å². The average Bonchev–Trinajstić information content (AvgIpc) is 2.86. The number of hydrogen-bond donors (Lipinski definition) is 2. The first-order valence-electron chi connectivity index (χ1n) is 8.28. The highest BCUT2D eigenvalue weighted by Gasteiger charge is 2.49. The van der Waals surface area contributed by atoms with E-state index in [9.17, 15) is 27.6 Å². The van der Waals surface area contributed by atoms with Crippen LogP contribution < -0.4 is 10.6 Å². The lowest BCUT2D eigenvalue weighted by molar-refractivity contribution is -0.137. The normalized spacial score (nSPS) is 19.5. The van der Waals surface area contributed by atoms with Crippen LogP contribution in [0, 0.1) is 0 Å². The summed E-state index contributed by atoms with van der Waals surface area (Å²) in [6, 6.07) is 11.9. The van der Waals surface area contributed by atoms with Crippen molar-refractivity contribution in [1.29, 1.82) is 0 Å². The molecule has 0 saturated carbocycles. The first-order valence-corrected chi connectivity index (χ1v) is 8.28. The van der Waals surface area contributed by atoms with Gasteiger partial charge in [0, 0.05) is 5.69 Å². The van der Waals surface area contributed by atoms with Crippen LogP contribution in [0.3, 0.4) is 0 Å². The van der Waals surface area contributed by atoms with E-state index < -0.39 is 41.7 Å². The third kappa shape index (κ3) is 3.68. The third-order valence-electron chi connectivity index (χ3n) is 4.40. The maximum Gasteiger partial charge on any atom is 0.416 e. The van der Waals surface area contributed by atoms with Crippen molar-refractivity contribution < 1.29 is 27.6 Å².